The Hall–Kier alpha value is -3.63. The molecule has 5 rings (SSSR count). The van der Waals surface area contributed by atoms with Gasteiger partial charge in [-0.3, -0.25) is 4.79 Å². The topological polar surface area (TPSA) is 93.2 Å². The maximum Gasteiger partial charge on any atom is 0.258 e. The number of carbonyl (C=O) groups is 1. The summed E-state index contributed by atoms with van der Waals surface area (Å²) in [6.07, 6.45) is 2.28. The van der Waals surface area contributed by atoms with Crippen molar-refractivity contribution in [3.8, 4) is 11.1 Å². The summed E-state index contributed by atoms with van der Waals surface area (Å²) < 4.78 is 28.6. The lowest BCUT2D eigenvalue weighted by molar-refractivity contribution is -0.132. The van der Waals surface area contributed by atoms with Crippen molar-refractivity contribution in [1.82, 2.24) is 34.5 Å². The third-order valence-corrected chi connectivity index (χ3v) is 5.51. The molecule has 1 aliphatic rings. The lowest BCUT2D eigenvalue weighted by atomic mass is 10.1. The Kier molecular flexibility index (Phi) is 4.72. The van der Waals surface area contributed by atoms with Crippen LogP contribution in [0.3, 0.4) is 0 Å². The Labute approximate surface area is 175 Å². The third-order valence-electron chi connectivity index (χ3n) is 5.51. The fourth-order valence-electron chi connectivity index (χ4n) is 3.92. The fourth-order valence-corrected chi connectivity index (χ4v) is 3.92. The number of halogens is 2. The van der Waals surface area contributed by atoms with E-state index in [1.54, 1.807) is 34.8 Å². The molecule has 1 unspecified atom stereocenters. The molecule has 0 saturated carbocycles. The molecule has 0 spiro atoms. The van der Waals surface area contributed by atoms with Crippen LogP contribution in [0.25, 0.3) is 27.7 Å². The number of amides is 1. The summed E-state index contributed by atoms with van der Waals surface area (Å²) in [6, 6.07) is 7.44. The van der Waals surface area contributed by atoms with E-state index in [0.717, 1.165) is 23.1 Å². The van der Waals surface area contributed by atoms with Crippen molar-refractivity contribution in [2.75, 3.05) is 18.9 Å². The van der Waals surface area contributed by atoms with Gasteiger partial charge in [0.25, 0.3) is 6.43 Å². The Morgan fingerprint density at radius 3 is 2.94 bits per heavy atom. The summed E-state index contributed by atoms with van der Waals surface area (Å²) in [5.41, 5.74) is 3.61. The fraction of sp³-hybridized carbons (Fsp3) is 0.350. The van der Waals surface area contributed by atoms with E-state index in [9.17, 15) is 13.6 Å². The number of anilines is 1. The van der Waals surface area contributed by atoms with E-state index in [4.69, 9.17) is 0 Å². The molecule has 0 radical (unpaired) electrons. The molecule has 0 bridgehead atoms. The number of fused-ring (bicyclic) bond motifs is 2. The zero-order valence-electron chi connectivity index (χ0n) is 16.7. The van der Waals surface area contributed by atoms with Crippen LogP contribution in [0.2, 0.25) is 0 Å². The largest absolute Gasteiger partial charge is 0.348 e. The lowest BCUT2D eigenvalue weighted by Gasteiger charge is -2.30. The summed E-state index contributed by atoms with van der Waals surface area (Å²) >= 11 is 0. The minimum Gasteiger partial charge on any atom is -0.348 e. The second-order valence-electron chi connectivity index (χ2n) is 7.66. The quantitative estimate of drug-likeness (QED) is 0.527. The van der Waals surface area contributed by atoms with Gasteiger partial charge in [-0.15, -0.1) is 10.2 Å². The summed E-state index contributed by atoms with van der Waals surface area (Å²) in [6.45, 7) is 0.105. The SMILES string of the molecule is CN1CC(Nc2ncc3c(-c4ccc5nnn(CC(F)F)c5c4)ccn3n2)CCC1=O. The number of likely N-dealkylation sites (tertiary alicyclic amines) is 1. The van der Waals surface area contributed by atoms with Crippen LogP contribution in [0, 0.1) is 0 Å². The highest BCUT2D eigenvalue weighted by atomic mass is 19.3. The average molecular weight is 426 g/mol. The first kappa shape index (κ1) is 19.3. The van der Waals surface area contributed by atoms with Crippen molar-refractivity contribution in [2.24, 2.45) is 0 Å². The van der Waals surface area contributed by atoms with Gasteiger partial charge in [0.1, 0.15) is 12.1 Å². The standard InChI is InChI=1S/C20H20F2N8O/c1-28-10-13(3-5-19(28)31)24-20-23-9-17-14(6-7-29(17)26-20)12-2-4-15-16(8-12)30(27-25-15)11-18(21)22/h2,4,6-9,13,18H,3,5,10-11H2,1H3,(H,24,26). The average Bonchev–Trinajstić information content (AvgIpc) is 3.34. The van der Waals surface area contributed by atoms with Crippen molar-refractivity contribution >= 4 is 28.4 Å². The van der Waals surface area contributed by atoms with Crippen LogP contribution in [0.4, 0.5) is 14.7 Å². The van der Waals surface area contributed by atoms with E-state index in [1.165, 1.54) is 4.68 Å². The van der Waals surface area contributed by atoms with Gasteiger partial charge in [0.15, 0.2) is 0 Å². The minimum atomic E-state index is -2.51. The highest BCUT2D eigenvalue weighted by molar-refractivity contribution is 5.87. The van der Waals surface area contributed by atoms with Crippen LogP contribution < -0.4 is 5.32 Å². The van der Waals surface area contributed by atoms with E-state index >= 15 is 0 Å². The van der Waals surface area contributed by atoms with Crippen LogP contribution in [-0.4, -0.2) is 66.5 Å². The smallest absolute Gasteiger partial charge is 0.258 e. The van der Waals surface area contributed by atoms with Gasteiger partial charge in [0.05, 0.1) is 17.2 Å². The summed E-state index contributed by atoms with van der Waals surface area (Å²) in [4.78, 5) is 17.8. The predicted octanol–water partition coefficient (Wildman–Crippen LogP) is 2.44. The molecule has 0 aliphatic carbocycles. The molecule has 3 aromatic heterocycles. The molecule has 1 saturated heterocycles. The van der Waals surface area contributed by atoms with Gasteiger partial charge in [-0.1, -0.05) is 11.3 Å². The second-order valence-corrected chi connectivity index (χ2v) is 7.66. The predicted molar refractivity (Wildman–Crippen MR) is 110 cm³/mol. The number of nitrogens with zero attached hydrogens (tertiary/aromatic N) is 7. The van der Waals surface area contributed by atoms with Gasteiger partial charge in [0.2, 0.25) is 11.9 Å². The normalized spacial score (nSPS) is 17.2. The second kappa shape index (κ2) is 7.56. The van der Waals surface area contributed by atoms with E-state index in [0.29, 0.717) is 29.9 Å². The van der Waals surface area contributed by atoms with Gasteiger partial charge in [-0.25, -0.2) is 23.0 Å². The molecule has 1 aliphatic heterocycles. The number of alkyl halides is 2. The molecule has 160 valence electrons. The minimum absolute atomic E-state index is 0.0974. The van der Waals surface area contributed by atoms with E-state index in [1.807, 2.05) is 18.3 Å². The molecular formula is C20H20F2N8O. The molecule has 11 heteroatoms. The number of piperidine rings is 1. The molecule has 4 aromatic rings. The summed E-state index contributed by atoms with van der Waals surface area (Å²) in [5, 5.41) is 15.6. The van der Waals surface area contributed by atoms with Gasteiger partial charge < -0.3 is 10.2 Å². The van der Waals surface area contributed by atoms with Crippen molar-refractivity contribution in [2.45, 2.75) is 31.9 Å². The zero-order valence-corrected chi connectivity index (χ0v) is 16.7. The van der Waals surface area contributed by atoms with Crippen molar-refractivity contribution < 1.29 is 13.6 Å². The number of hydrogen-bond acceptors (Lipinski definition) is 6. The first-order valence-corrected chi connectivity index (χ1v) is 9.94. The van der Waals surface area contributed by atoms with Crippen LogP contribution in [0.5, 0.6) is 0 Å². The molecule has 1 aromatic carbocycles. The van der Waals surface area contributed by atoms with E-state index < -0.39 is 13.0 Å². The monoisotopic (exact) mass is 426 g/mol. The molecule has 1 amide bonds. The maximum absolute atomic E-state index is 12.8. The van der Waals surface area contributed by atoms with Gasteiger partial charge in [-0.05, 0) is 30.2 Å². The highest BCUT2D eigenvalue weighted by Gasteiger charge is 2.23. The third kappa shape index (κ3) is 3.66. The molecule has 1 atom stereocenters. The van der Waals surface area contributed by atoms with Crippen LogP contribution in [0.1, 0.15) is 12.8 Å². The van der Waals surface area contributed by atoms with Crippen molar-refractivity contribution in [3.63, 3.8) is 0 Å². The number of benzene rings is 1. The first-order valence-electron chi connectivity index (χ1n) is 9.94. The number of likely N-dealkylation sites (N-methyl/N-ethyl adjacent to an activating group) is 1. The highest BCUT2D eigenvalue weighted by Crippen LogP contribution is 2.28. The number of nitrogens with one attached hydrogen (secondary N) is 1. The Morgan fingerprint density at radius 1 is 1.26 bits per heavy atom. The van der Waals surface area contributed by atoms with Gasteiger partial charge in [0, 0.05) is 37.8 Å². The Balaban J connectivity index is 1.43. The van der Waals surface area contributed by atoms with E-state index in [2.05, 4.69) is 25.7 Å². The number of rotatable bonds is 5. The summed E-state index contributed by atoms with van der Waals surface area (Å²) in [5.74, 6) is 0.628. The Bertz CT molecular complexity index is 1270. The number of carbonyl (C=O) groups excluding carboxylic acids is 1. The summed E-state index contributed by atoms with van der Waals surface area (Å²) in [7, 11) is 1.79. The molecule has 4 heterocycles. The first-order chi connectivity index (χ1) is 15.0. The van der Waals surface area contributed by atoms with E-state index in [-0.39, 0.29) is 11.9 Å². The number of aromatic nitrogens is 6. The molecule has 1 fully saturated rings. The zero-order chi connectivity index (χ0) is 21.5. The van der Waals surface area contributed by atoms with Crippen LogP contribution >= 0.6 is 0 Å². The molecular weight excluding hydrogens is 406 g/mol. The molecule has 9 nitrogen and oxygen atoms in total. The van der Waals surface area contributed by atoms with Crippen molar-refractivity contribution in [3.05, 3.63) is 36.7 Å². The van der Waals surface area contributed by atoms with Crippen LogP contribution in [0.15, 0.2) is 36.7 Å². The van der Waals surface area contributed by atoms with Gasteiger partial charge >= 0.3 is 0 Å². The lowest BCUT2D eigenvalue weighted by Crippen LogP contribution is -2.43. The maximum atomic E-state index is 12.8. The van der Waals surface area contributed by atoms with Crippen molar-refractivity contribution in [1.29, 1.82) is 0 Å². The molecule has 31 heavy (non-hydrogen) atoms. The number of hydrogen-bond donors (Lipinski definition) is 1. The van der Waals surface area contributed by atoms with Crippen LogP contribution in [-0.2, 0) is 11.3 Å². The Morgan fingerprint density at radius 2 is 2.13 bits per heavy atom. The van der Waals surface area contributed by atoms with Gasteiger partial charge in [-0.2, -0.15) is 0 Å². The molecule has 1 N–H and O–H groups in total.